The smallest absolute Gasteiger partial charge is 0.426 e. The Kier molecular flexibility index (Phi) is 4.39. The Morgan fingerprint density at radius 2 is 1.58 bits per heavy atom. The molecule has 4 aliphatic rings. The molecule has 0 aromatic heterocycles. The molecular formula is C15H21F3O5S. The fourth-order valence-electron chi connectivity index (χ4n) is 5.40. The van der Waals surface area contributed by atoms with Crippen molar-refractivity contribution in [2.24, 2.45) is 23.2 Å². The summed E-state index contributed by atoms with van der Waals surface area (Å²) in [6, 6.07) is 0. The van der Waals surface area contributed by atoms with Gasteiger partial charge in [0.25, 0.3) is 10.1 Å². The first kappa shape index (κ1) is 18.0. The fraction of sp³-hybridized carbons (Fsp3) is 0.933. The van der Waals surface area contributed by atoms with Crippen molar-refractivity contribution < 1.29 is 35.7 Å². The van der Waals surface area contributed by atoms with Crippen molar-refractivity contribution >= 4 is 16.1 Å². The van der Waals surface area contributed by atoms with Crippen LogP contribution in [-0.4, -0.2) is 37.0 Å². The van der Waals surface area contributed by atoms with Gasteiger partial charge in [0.15, 0.2) is 0 Å². The van der Waals surface area contributed by atoms with Gasteiger partial charge in [-0.05, 0) is 61.7 Å². The number of rotatable bonds is 5. The van der Waals surface area contributed by atoms with E-state index in [0.717, 1.165) is 38.5 Å². The normalized spacial score (nSPS) is 36.6. The first-order valence-corrected chi connectivity index (χ1v) is 9.76. The van der Waals surface area contributed by atoms with Crippen LogP contribution < -0.4 is 0 Å². The SMILES string of the molecule is O=C(CC12CC3CC(CC(C3)C1)C2)OC(CS(=O)(=O)O)C(F)(F)F. The predicted octanol–water partition coefficient (Wildman–Crippen LogP) is 2.95. The van der Waals surface area contributed by atoms with Crippen LogP contribution in [0.15, 0.2) is 0 Å². The van der Waals surface area contributed by atoms with Gasteiger partial charge in [-0.3, -0.25) is 9.35 Å². The highest BCUT2D eigenvalue weighted by atomic mass is 32.2. The summed E-state index contributed by atoms with van der Waals surface area (Å²) >= 11 is 0. The zero-order valence-electron chi connectivity index (χ0n) is 13.1. The lowest BCUT2D eigenvalue weighted by atomic mass is 9.49. The third-order valence-electron chi connectivity index (χ3n) is 5.69. The molecule has 1 unspecified atom stereocenters. The van der Waals surface area contributed by atoms with Gasteiger partial charge in [-0.25, -0.2) is 0 Å². The lowest BCUT2D eigenvalue weighted by molar-refractivity contribution is -0.217. The third-order valence-corrected chi connectivity index (χ3v) is 6.41. The van der Waals surface area contributed by atoms with Crippen molar-refractivity contribution in [3.63, 3.8) is 0 Å². The molecule has 4 bridgehead atoms. The summed E-state index contributed by atoms with van der Waals surface area (Å²) in [5, 5.41) is 0. The first-order chi connectivity index (χ1) is 10.9. The highest BCUT2D eigenvalue weighted by Crippen LogP contribution is 2.61. The zero-order chi connectivity index (χ0) is 17.8. The van der Waals surface area contributed by atoms with Gasteiger partial charge < -0.3 is 4.74 Å². The summed E-state index contributed by atoms with van der Waals surface area (Å²) in [4.78, 5) is 12.1. The van der Waals surface area contributed by atoms with Crippen molar-refractivity contribution in [1.82, 2.24) is 0 Å². The molecule has 5 nitrogen and oxygen atoms in total. The van der Waals surface area contributed by atoms with E-state index in [1.165, 1.54) is 0 Å². The lowest BCUT2D eigenvalue weighted by Crippen LogP contribution is -2.48. The topological polar surface area (TPSA) is 80.7 Å². The third kappa shape index (κ3) is 4.04. The molecule has 138 valence electrons. The molecule has 0 spiro atoms. The molecule has 1 N–H and O–H groups in total. The molecule has 0 amide bonds. The molecule has 0 aliphatic heterocycles. The van der Waals surface area contributed by atoms with Gasteiger partial charge in [-0.15, -0.1) is 0 Å². The maximum atomic E-state index is 12.9. The van der Waals surface area contributed by atoms with Gasteiger partial charge in [0, 0.05) is 0 Å². The van der Waals surface area contributed by atoms with Crippen LogP contribution in [0.25, 0.3) is 0 Å². The van der Waals surface area contributed by atoms with E-state index >= 15 is 0 Å². The molecule has 0 saturated heterocycles. The summed E-state index contributed by atoms with van der Waals surface area (Å²) in [7, 11) is -4.90. The fourth-order valence-corrected chi connectivity index (χ4v) is 6.04. The summed E-state index contributed by atoms with van der Waals surface area (Å²) in [6.45, 7) is 0. The van der Waals surface area contributed by atoms with E-state index in [1.54, 1.807) is 0 Å². The molecule has 0 aromatic carbocycles. The second kappa shape index (κ2) is 5.86. The van der Waals surface area contributed by atoms with Crippen molar-refractivity contribution in [1.29, 1.82) is 0 Å². The van der Waals surface area contributed by atoms with E-state index in [0.29, 0.717) is 17.8 Å². The highest BCUT2D eigenvalue weighted by molar-refractivity contribution is 7.85. The maximum Gasteiger partial charge on any atom is 0.426 e. The van der Waals surface area contributed by atoms with E-state index in [9.17, 15) is 26.4 Å². The Labute approximate surface area is 138 Å². The second-order valence-corrected chi connectivity index (χ2v) is 9.36. The Morgan fingerprint density at radius 3 is 1.96 bits per heavy atom. The summed E-state index contributed by atoms with van der Waals surface area (Å²) < 4.78 is 73.1. The number of carbonyl (C=O) groups excluding carboxylic acids is 1. The van der Waals surface area contributed by atoms with Gasteiger partial charge in [0.05, 0.1) is 6.42 Å². The number of alkyl halides is 3. The van der Waals surface area contributed by atoms with Gasteiger partial charge in [-0.1, -0.05) is 0 Å². The Bertz CT molecular complexity index is 578. The summed E-state index contributed by atoms with van der Waals surface area (Å²) in [5.41, 5.74) is -0.292. The van der Waals surface area contributed by atoms with Crippen LogP contribution in [0, 0.1) is 23.2 Å². The minimum Gasteiger partial charge on any atom is -0.451 e. The van der Waals surface area contributed by atoms with E-state index in [4.69, 9.17) is 4.55 Å². The molecule has 1 atom stereocenters. The van der Waals surface area contributed by atoms with Crippen molar-refractivity contribution in [3.05, 3.63) is 0 Å². The molecule has 4 aliphatic carbocycles. The second-order valence-electron chi connectivity index (χ2n) is 7.86. The zero-order valence-corrected chi connectivity index (χ0v) is 13.9. The molecule has 24 heavy (non-hydrogen) atoms. The highest BCUT2D eigenvalue weighted by Gasteiger charge is 2.52. The van der Waals surface area contributed by atoms with Gasteiger partial charge in [0.1, 0.15) is 5.75 Å². The minimum absolute atomic E-state index is 0.103. The number of halogens is 3. The average molecular weight is 370 g/mol. The van der Waals surface area contributed by atoms with E-state index in [2.05, 4.69) is 4.74 Å². The summed E-state index contributed by atoms with van der Waals surface area (Å²) in [5.74, 6) is -1.06. The molecule has 9 heteroatoms. The Morgan fingerprint density at radius 1 is 1.12 bits per heavy atom. The van der Waals surface area contributed by atoms with E-state index < -0.39 is 34.1 Å². The Balaban J connectivity index is 1.66. The van der Waals surface area contributed by atoms with Gasteiger partial charge in [0.2, 0.25) is 6.10 Å². The van der Waals surface area contributed by atoms with Crippen LogP contribution in [-0.2, 0) is 19.6 Å². The molecular weight excluding hydrogens is 349 g/mol. The quantitative estimate of drug-likeness (QED) is 0.594. The monoisotopic (exact) mass is 370 g/mol. The van der Waals surface area contributed by atoms with Crippen molar-refractivity contribution in [3.8, 4) is 0 Å². The molecule has 0 heterocycles. The van der Waals surface area contributed by atoms with Crippen LogP contribution >= 0.6 is 0 Å². The number of esters is 1. The first-order valence-electron chi connectivity index (χ1n) is 8.15. The maximum absolute atomic E-state index is 12.9. The van der Waals surface area contributed by atoms with Crippen LogP contribution in [0.5, 0.6) is 0 Å². The minimum atomic E-state index is -5.03. The van der Waals surface area contributed by atoms with Crippen LogP contribution in [0.3, 0.4) is 0 Å². The van der Waals surface area contributed by atoms with Crippen molar-refractivity contribution in [2.75, 3.05) is 5.75 Å². The van der Waals surface area contributed by atoms with E-state index in [-0.39, 0.29) is 11.8 Å². The number of ether oxygens (including phenoxy) is 1. The molecule has 0 radical (unpaired) electrons. The molecule has 4 fully saturated rings. The van der Waals surface area contributed by atoms with E-state index in [1.807, 2.05) is 0 Å². The Hall–Kier alpha value is -0.830. The van der Waals surface area contributed by atoms with Gasteiger partial charge >= 0.3 is 12.1 Å². The number of carbonyl (C=O) groups is 1. The number of hydrogen-bond acceptors (Lipinski definition) is 4. The van der Waals surface area contributed by atoms with Crippen molar-refractivity contribution in [2.45, 2.75) is 57.2 Å². The molecule has 4 saturated carbocycles. The molecule has 4 rings (SSSR count). The van der Waals surface area contributed by atoms with Crippen LogP contribution in [0.4, 0.5) is 13.2 Å². The average Bonchev–Trinajstić information content (AvgIpc) is 2.32. The predicted molar refractivity (Wildman–Crippen MR) is 77.6 cm³/mol. The van der Waals surface area contributed by atoms with Gasteiger partial charge in [-0.2, -0.15) is 21.6 Å². The van der Waals surface area contributed by atoms with Crippen LogP contribution in [0.2, 0.25) is 0 Å². The lowest BCUT2D eigenvalue weighted by Gasteiger charge is -2.56. The molecule has 0 aromatic rings. The summed E-state index contributed by atoms with van der Waals surface area (Å²) in [6.07, 6.45) is -2.03. The number of hydrogen-bond donors (Lipinski definition) is 1. The van der Waals surface area contributed by atoms with Crippen LogP contribution in [0.1, 0.15) is 44.9 Å². The largest absolute Gasteiger partial charge is 0.451 e. The standard InChI is InChI=1S/C15H21F3O5S/c16-15(17,18)12(8-24(20,21)22)23-13(19)7-14-4-9-1-10(5-14)3-11(2-9)6-14/h9-12H,1-8H2,(H,20,21,22).